The summed E-state index contributed by atoms with van der Waals surface area (Å²) in [6, 6.07) is 10.7. The maximum absolute atomic E-state index is 13.6. The summed E-state index contributed by atoms with van der Waals surface area (Å²) in [7, 11) is 2.00. The summed E-state index contributed by atoms with van der Waals surface area (Å²) in [6.45, 7) is 2.79. The number of ether oxygens (including phenoxy) is 1. The molecule has 0 radical (unpaired) electrons. The average molecular weight is 395 g/mol. The monoisotopic (exact) mass is 395 g/mol. The van der Waals surface area contributed by atoms with E-state index < -0.39 is 17.6 Å². The fourth-order valence-electron chi connectivity index (χ4n) is 2.93. The highest BCUT2D eigenvalue weighted by atomic mass is 19.4. The molecule has 4 rings (SSSR count). The van der Waals surface area contributed by atoms with Gasteiger partial charge in [-0.2, -0.15) is 13.2 Å². The Morgan fingerprint density at radius 3 is 2.43 bits per heavy atom. The highest BCUT2D eigenvalue weighted by molar-refractivity contribution is 5.74. The molecule has 0 N–H and O–H groups in total. The van der Waals surface area contributed by atoms with E-state index in [1.807, 2.05) is 41.0 Å². The first-order chi connectivity index (χ1) is 13.3. The van der Waals surface area contributed by atoms with Crippen molar-refractivity contribution in [3.63, 3.8) is 0 Å². The van der Waals surface area contributed by atoms with Crippen molar-refractivity contribution in [1.29, 1.82) is 0 Å². The van der Waals surface area contributed by atoms with Crippen LogP contribution in [0.4, 0.5) is 17.6 Å². The Bertz CT molecular complexity index is 917. The summed E-state index contributed by atoms with van der Waals surface area (Å²) in [5.74, 6) is -0.809. The zero-order valence-corrected chi connectivity index (χ0v) is 15.4. The maximum atomic E-state index is 13.6. The molecule has 3 aromatic rings. The zero-order chi connectivity index (χ0) is 20.1. The molecule has 0 spiro atoms. The van der Waals surface area contributed by atoms with Crippen LogP contribution in [-0.4, -0.2) is 40.8 Å². The van der Waals surface area contributed by atoms with Gasteiger partial charge in [-0.05, 0) is 24.3 Å². The first-order valence-corrected chi connectivity index (χ1v) is 8.86. The van der Waals surface area contributed by atoms with Crippen LogP contribution in [-0.2, 0) is 24.5 Å². The molecule has 2 heterocycles. The Morgan fingerprint density at radius 1 is 1.07 bits per heavy atom. The third kappa shape index (κ3) is 5.08. The number of aromatic nitrogens is 2. The molecule has 0 bridgehead atoms. The van der Waals surface area contributed by atoms with Crippen LogP contribution in [0.25, 0.3) is 11.0 Å². The second-order valence-electron chi connectivity index (χ2n) is 6.54. The number of rotatable bonds is 2. The lowest BCUT2D eigenvalue weighted by atomic mass is 10.1. The van der Waals surface area contributed by atoms with Crippen LogP contribution < -0.4 is 0 Å². The highest BCUT2D eigenvalue weighted by Gasteiger charge is 2.31. The quantitative estimate of drug-likeness (QED) is 0.608. The molecule has 150 valence electrons. The van der Waals surface area contributed by atoms with Gasteiger partial charge in [0.25, 0.3) is 0 Å². The van der Waals surface area contributed by atoms with E-state index in [0.29, 0.717) is 38.9 Å². The van der Waals surface area contributed by atoms with Crippen molar-refractivity contribution in [2.24, 2.45) is 7.05 Å². The summed E-state index contributed by atoms with van der Waals surface area (Å²) in [5, 5.41) is 0. The molecule has 0 atom stereocenters. The Balaban J connectivity index is 0.000000188. The minimum absolute atomic E-state index is 0.282. The summed E-state index contributed by atoms with van der Waals surface area (Å²) in [5.41, 5.74) is 1.57. The van der Waals surface area contributed by atoms with Gasteiger partial charge in [-0.15, -0.1) is 0 Å². The number of hydrogen-bond donors (Lipinski definition) is 0. The third-order valence-corrected chi connectivity index (χ3v) is 4.51. The molecule has 8 heteroatoms. The summed E-state index contributed by atoms with van der Waals surface area (Å²) in [6.07, 6.45) is -2.68. The number of para-hydroxylation sites is 2. The van der Waals surface area contributed by atoms with Crippen LogP contribution in [0.1, 0.15) is 11.1 Å². The summed E-state index contributed by atoms with van der Waals surface area (Å²) < 4.78 is 57.8. The van der Waals surface area contributed by atoms with Crippen LogP contribution in [0.15, 0.2) is 48.8 Å². The second kappa shape index (κ2) is 8.70. The molecule has 0 aliphatic carbocycles. The SMILES string of the molecule is Cn1cnc2ccccc21.Fc1cc(C(F)(F)F)ccc1CN1CCOCC1. The molecular formula is C20H21F4N3O. The van der Waals surface area contributed by atoms with Crippen LogP contribution in [0.2, 0.25) is 0 Å². The number of morpholine rings is 1. The van der Waals surface area contributed by atoms with Crippen molar-refractivity contribution < 1.29 is 22.3 Å². The topological polar surface area (TPSA) is 30.3 Å². The Morgan fingerprint density at radius 2 is 1.79 bits per heavy atom. The predicted molar refractivity (Wildman–Crippen MR) is 98.2 cm³/mol. The van der Waals surface area contributed by atoms with Gasteiger partial charge in [0.05, 0.1) is 36.1 Å². The molecule has 1 saturated heterocycles. The fraction of sp³-hybridized carbons (Fsp3) is 0.350. The van der Waals surface area contributed by atoms with E-state index in [4.69, 9.17) is 4.74 Å². The first kappa shape index (κ1) is 20.3. The highest BCUT2D eigenvalue weighted by Crippen LogP contribution is 2.30. The van der Waals surface area contributed by atoms with E-state index in [0.717, 1.165) is 11.6 Å². The van der Waals surface area contributed by atoms with Gasteiger partial charge in [0.15, 0.2) is 0 Å². The normalized spacial score (nSPS) is 15.3. The van der Waals surface area contributed by atoms with Crippen molar-refractivity contribution in [1.82, 2.24) is 14.5 Å². The predicted octanol–water partition coefficient (Wildman–Crippen LogP) is 4.25. The Labute approximate surface area is 160 Å². The molecule has 0 unspecified atom stereocenters. The van der Waals surface area contributed by atoms with Crippen LogP contribution in [0.5, 0.6) is 0 Å². The first-order valence-electron chi connectivity index (χ1n) is 8.86. The molecule has 0 amide bonds. The van der Waals surface area contributed by atoms with Gasteiger partial charge in [0.2, 0.25) is 0 Å². The molecule has 1 fully saturated rings. The number of benzene rings is 2. The Kier molecular flexibility index (Phi) is 6.31. The van der Waals surface area contributed by atoms with Crippen molar-refractivity contribution in [3.8, 4) is 0 Å². The smallest absolute Gasteiger partial charge is 0.379 e. The molecule has 1 aromatic heterocycles. The molecule has 1 aliphatic rings. The van der Waals surface area contributed by atoms with Crippen LogP contribution >= 0.6 is 0 Å². The van der Waals surface area contributed by atoms with E-state index in [-0.39, 0.29) is 5.56 Å². The van der Waals surface area contributed by atoms with Crippen molar-refractivity contribution in [2.75, 3.05) is 26.3 Å². The molecule has 0 saturated carbocycles. The molecule has 2 aromatic carbocycles. The summed E-state index contributed by atoms with van der Waals surface area (Å²) >= 11 is 0. The van der Waals surface area contributed by atoms with Gasteiger partial charge in [-0.25, -0.2) is 9.37 Å². The fourth-order valence-corrected chi connectivity index (χ4v) is 2.93. The molecular weight excluding hydrogens is 374 g/mol. The van der Waals surface area contributed by atoms with Gasteiger partial charge in [-0.3, -0.25) is 4.90 Å². The van der Waals surface area contributed by atoms with Crippen LogP contribution in [0, 0.1) is 5.82 Å². The zero-order valence-electron chi connectivity index (χ0n) is 15.4. The average Bonchev–Trinajstić information content (AvgIpc) is 3.05. The van der Waals surface area contributed by atoms with Gasteiger partial charge in [0, 0.05) is 32.2 Å². The maximum Gasteiger partial charge on any atom is 0.416 e. The lowest BCUT2D eigenvalue weighted by molar-refractivity contribution is -0.137. The van der Waals surface area contributed by atoms with Crippen molar-refractivity contribution >= 4 is 11.0 Å². The third-order valence-electron chi connectivity index (χ3n) is 4.51. The van der Waals surface area contributed by atoms with E-state index in [2.05, 4.69) is 11.1 Å². The second-order valence-corrected chi connectivity index (χ2v) is 6.54. The molecule has 1 aliphatic heterocycles. The van der Waals surface area contributed by atoms with Gasteiger partial charge >= 0.3 is 6.18 Å². The van der Waals surface area contributed by atoms with E-state index in [9.17, 15) is 17.6 Å². The van der Waals surface area contributed by atoms with Crippen molar-refractivity contribution in [3.05, 3.63) is 65.7 Å². The molecule has 4 nitrogen and oxygen atoms in total. The van der Waals surface area contributed by atoms with Crippen molar-refractivity contribution in [2.45, 2.75) is 12.7 Å². The number of hydrogen-bond acceptors (Lipinski definition) is 3. The number of nitrogens with zero attached hydrogens (tertiary/aromatic N) is 3. The largest absolute Gasteiger partial charge is 0.416 e. The van der Waals surface area contributed by atoms with E-state index in [1.54, 1.807) is 0 Å². The lowest BCUT2D eigenvalue weighted by Crippen LogP contribution is -2.35. The van der Waals surface area contributed by atoms with Gasteiger partial charge in [0.1, 0.15) is 5.82 Å². The minimum atomic E-state index is -4.50. The number of aryl methyl sites for hydroxylation is 1. The van der Waals surface area contributed by atoms with E-state index >= 15 is 0 Å². The number of imidazole rings is 1. The number of alkyl halides is 3. The Hall–Kier alpha value is -2.45. The minimum Gasteiger partial charge on any atom is -0.379 e. The number of fused-ring (bicyclic) bond motifs is 1. The number of halogens is 4. The standard InChI is InChI=1S/C12H13F4NO.C8H8N2/c13-11-7-10(12(14,15)16)2-1-9(11)8-17-3-5-18-6-4-17;1-10-6-9-7-4-2-3-5-8(7)10/h1-2,7H,3-6,8H2;2-6H,1H3. The van der Waals surface area contributed by atoms with E-state index in [1.165, 1.54) is 11.6 Å². The summed E-state index contributed by atoms with van der Waals surface area (Å²) in [4.78, 5) is 6.13. The molecule has 28 heavy (non-hydrogen) atoms. The van der Waals surface area contributed by atoms with Gasteiger partial charge in [-0.1, -0.05) is 18.2 Å². The van der Waals surface area contributed by atoms with Gasteiger partial charge < -0.3 is 9.30 Å². The van der Waals surface area contributed by atoms with Crippen LogP contribution in [0.3, 0.4) is 0 Å². The lowest BCUT2D eigenvalue weighted by Gasteiger charge is -2.26.